The predicted molar refractivity (Wildman–Crippen MR) is 76.3 cm³/mol. The van der Waals surface area contributed by atoms with Crippen LogP contribution in [-0.4, -0.2) is 25.9 Å². The summed E-state index contributed by atoms with van der Waals surface area (Å²) in [5.41, 5.74) is 3.09. The van der Waals surface area contributed by atoms with E-state index < -0.39 is 0 Å². The fraction of sp³-hybridized carbons (Fsp3) is 0.538. The highest BCUT2D eigenvalue weighted by atomic mass is 35.5. The summed E-state index contributed by atoms with van der Waals surface area (Å²) in [5, 5.41) is 8.51. The van der Waals surface area contributed by atoms with Crippen LogP contribution in [0, 0.1) is 6.92 Å². The number of likely N-dealkylation sites (N-methyl/N-ethyl adjacent to an activating group) is 1. The molecule has 2 aromatic rings. The van der Waals surface area contributed by atoms with Crippen LogP contribution >= 0.6 is 11.6 Å². The van der Waals surface area contributed by atoms with Gasteiger partial charge in [-0.2, -0.15) is 5.10 Å². The maximum absolute atomic E-state index is 6.30. The average molecular weight is 282 g/mol. The maximum atomic E-state index is 6.30. The average Bonchev–Trinajstić information content (AvgIpc) is 2.88. The Morgan fingerprint density at radius 2 is 2.16 bits per heavy atom. The normalized spacial score (nSPS) is 12.9. The highest BCUT2D eigenvalue weighted by Gasteiger charge is 2.19. The summed E-state index contributed by atoms with van der Waals surface area (Å²) >= 11 is 6.30. The van der Waals surface area contributed by atoms with Crippen LogP contribution in [0.2, 0.25) is 5.15 Å². The second-order valence-electron chi connectivity index (χ2n) is 4.76. The maximum Gasteiger partial charge on any atom is 0.130 e. The lowest BCUT2D eigenvalue weighted by Crippen LogP contribution is -2.23. The third-order valence-corrected chi connectivity index (χ3v) is 3.68. The number of rotatable bonds is 5. The molecule has 0 aliphatic carbocycles. The number of halogens is 1. The van der Waals surface area contributed by atoms with Crippen molar-refractivity contribution in [3.8, 4) is 0 Å². The molecule has 0 aliphatic heterocycles. The molecule has 2 rings (SSSR count). The smallest absolute Gasteiger partial charge is 0.130 e. The Hall–Kier alpha value is -1.33. The van der Waals surface area contributed by atoms with Crippen LogP contribution in [0.4, 0.5) is 0 Å². The Balaban J connectivity index is 2.26. The van der Waals surface area contributed by atoms with E-state index in [1.54, 1.807) is 4.68 Å². The molecule has 1 N–H and O–H groups in total. The van der Waals surface area contributed by atoms with Crippen molar-refractivity contribution in [1.82, 2.24) is 24.6 Å². The zero-order valence-electron chi connectivity index (χ0n) is 11.8. The SMILES string of the molecule is CCNC(Cc1c(C)nn(C)c1Cl)c1cn(C)cn1. The van der Waals surface area contributed by atoms with Crippen molar-refractivity contribution in [3.05, 3.63) is 34.6 Å². The van der Waals surface area contributed by atoms with Crippen LogP contribution in [0.1, 0.15) is 29.9 Å². The Kier molecular flexibility index (Phi) is 4.27. The van der Waals surface area contributed by atoms with Crippen LogP contribution in [-0.2, 0) is 20.5 Å². The van der Waals surface area contributed by atoms with E-state index in [0.29, 0.717) is 5.15 Å². The van der Waals surface area contributed by atoms with E-state index in [2.05, 4.69) is 22.3 Å². The molecule has 6 heteroatoms. The van der Waals surface area contributed by atoms with E-state index in [0.717, 1.165) is 29.9 Å². The second-order valence-corrected chi connectivity index (χ2v) is 5.11. The van der Waals surface area contributed by atoms with Gasteiger partial charge in [0, 0.05) is 25.9 Å². The van der Waals surface area contributed by atoms with Gasteiger partial charge >= 0.3 is 0 Å². The summed E-state index contributed by atoms with van der Waals surface area (Å²) in [4.78, 5) is 4.43. The standard InChI is InChI=1S/C13H20ClN5/c1-5-15-11(12-7-18(3)8-16-12)6-10-9(2)17-19(4)13(10)14/h7-8,11,15H,5-6H2,1-4H3. The van der Waals surface area contributed by atoms with E-state index in [4.69, 9.17) is 11.6 Å². The summed E-state index contributed by atoms with van der Waals surface area (Å²) in [7, 11) is 3.84. The van der Waals surface area contributed by atoms with Gasteiger partial charge in [0.2, 0.25) is 0 Å². The number of aryl methyl sites for hydroxylation is 3. The van der Waals surface area contributed by atoms with Crippen molar-refractivity contribution in [1.29, 1.82) is 0 Å². The molecule has 2 aromatic heterocycles. The number of hydrogen-bond donors (Lipinski definition) is 1. The van der Waals surface area contributed by atoms with Gasteiger partial charge in [-0.1, -0.05) is 18.5 Å². The van der Waals surface area contributed by atoms with Crippen molar-refractivity contribution in [2.45, 2.75) is 26.3 Å². The second kappa shape index (κ2) is 5.75. The molecule has 1 unspecified atom stereocenters. The third kappa shape index (κ3) is 2.98. The Morgan fingerprint density at radius 1 is 1.42 bits per heavy atom. The number of imidazole rings is 1. The van der Waals surface area contributed by atoms with Crippen LogP contribution in [0.25, 0.3) is 0 Å². The molecular weight excluding hydrogens is 262 g/mol. The quantitative estimate of drug-likeness (QED) is 0.912. The molecule has 0 bridgehead atoms. The van der Waals surface area contributed by atoms with Crippen molar-refractivity contribution in [2.75, 3.05) is 6.54 Å². The summed E-state index contributed by atoms with van der Waals surface area (Å²) in [6.07, 6.45) is 4.65. The van der Waals surface area contributed by atoms with Gasteiger partial charge in [-0.25, -0.2) is 4.98 Å². The van der Waals surface area contributed by atoms with Crippen molar-refractivity contribution >= 4 is 11.6 Å². The predicted octanol–water partition coefficient (Wildman–Crippen LogP) is 2.01. The van der Waals surface area contributed by atoms with Crippen LogP contribution in [0.5, 0.6) is 0 Å². The minimum absolute atomic E-state index is 0.159. The molecule has 0 saturated heterocycles. The molecule has 0 spiro atoms. The van der Waals surface area contributed by atoms with E-state index >= 15 is 0 Å². The van der Waals surface area contributed by atoms with E-state index in [-0.39, 0.29) is 6.04 Å². The first kappa shape index (κ1) is 14.1. The minimum Gasteiger partial charge on any atom is -0.340 e. The highest BCUT2D eigenvalue weighted by molar-refractivity contribution is 6.30. The van der Waals surface area contributed by atoms with Gasteiger partial charge in [-0.05, 0) is 19.9 Å². The van der Waals surface area contributed by atoms with Crippen LogP contribution < -0.4 is 5.32 Å². The molecule has 0 saturated carbocycles. The van der Waals surface area contributed by atoms with Gasteiger partial charge in [0.25, 0.3) is 0 Å². The topological polar surface area (TPSA) is 47.7 Å². The first-order valence-corrected chi connectivity index (χ1v) is 6.80. The van der Waals surface area contributed by atoms with E-state index in [9.17, 15) is 0 Å². The lowest BCUT2D eigenvalue weighted by Gasteiger charge is -2.15. The molecule has 0 aliphatic rings. The zero-order chi connectivity index (χ0) is 14.0. The third-order valence-electron chi connectivity index (χ3n) is 3.21. The van der Waals surface area contributed by atoms with Gasteiger partial charge in [0.05, 0.1) is 23.8 Å². The van der Waals surface area contributed by atoms with Crippen molar-refractivity contribution in [3.63, 3.8) is 0 Å². The van der Waals surface area contributed by atoms with Crippen LogP contribution in [0.15, 0.2) is 12.5 Å². The molecule has 1 atom stereocenters. The zero-order valence-corrected chi connectivity index (χ0v) is 12.6. The van der Waals surface area contributed by atoms with Gasteiger partial charge in [-0.3, -0.25) is 4.68 Å². The number of hydrogen-bond acceptors (Lipinski definition) is 3. The summed E-state index contributed by atoms with van der Waals surface area (Å²) in [6, 6.07) is 0.159. The molecule has 5 nitrogen and oxygen atoms in total. The summed E-state index contributed by atoms with van der Waals surface area (Å²) in [5.74, 6) is 0. The Morgan fingerprint density at radius 3 is 2.63 bits per heavy atom. The Bertz CT molecular complexity index is 557. The lowest BCUT2D eigenvalue weighted by atomic mass is 10.0. The first-order chi connectivity index (χ1) is 9.02. The molecule has 0 fully saturated rings. The number of aromatic nitrogens is 4. The molecule has 104 valence electrons. The van der Waals surface area contributed by atoms with E-state index in [1.807, 2.05) is 38.1 Å². The summed E-state index contributed by atoms with van der Waals surface area (Å²) < 4.78 is 3.67. The molecule has 0 aromatic carbocycles. The molecule has 19 heavy (non-hydrogen) atoms. The van der Waals surface area contributed by atoms with Gasteiger partial charge < -0.3 is 9.88 Å². The first-order valence-electron chi connectivity index (χ1n) is 6.42. The van der Waals surface area contributed by atoms with Gasteiger partial charge in [0.1, 0.15) is 5.15 Å². The fourth-order valence-corrected chi connectivity index (χ4v) is 2.50. The van der Waals surface area contributed by atoms with Gasteiger partial charge in [-0.15, -0.1) is 0 Å². The Labute approximate surface area is 118 Å². The highest BCUT2D eigenvalue weighted by Crippen LogP contribution is 2.25. The van der Waals surface area contributed by atoms with Crippen molar-refractivity contribution < 1.29 is 0 Å². The number of nitrogens with zero attached hydrogens (tertiary/aromatic N) is 4. The van der Waals surface area contributed by atoms with Gasteiger partial charge in [0.15, 0.2) is 0 Å². The molecule has 0 amide bonds. The van der Waals surface area contributed by atoms with E-state index in [1.165, 1.54) is 0 Å². The largest absolute Gasteiger partial charge is 0.340 e. The fourth-order valence-electron chi connectivity index (χ4n) is 2.25. The van der Waals surface area contributed by atoms with Crippen LogP contribution in [0.3, 0.4) is 0 Å². The monoisotopic (exact) mass is 281 g/mol. The summed E-state index contributed by atoms with van der Waals surface area (Å²) in [6.45, 7) is 4.97. The number of nitrogens with one attached hydrogen (secondary N) is 1. The molecule has 2 heterocycles. The van der Waals surface area contributed by atoms with Crippen molar-refractivity contribution in [2.24, 2.45) is 14.1 Å². The lowest BCUT2D eigenvalue weighted by molar-refractivity contribution is 0.537. The molecule has 0 radical (unpaired) electrons. The minimum atomic E-state index is 0.159. The molecular formula is C13H20ClN5.